The van der Waals surface area contributed by atoms with Crippen molar-refractivity contribution >= 4 is 5.91 Å². The molecule has 1 amide bonds. The van der Waals surface area contributed by atoms with Crippen LogP contribution >= 0.6 is 0 Å². The highest BCUT2D eigenvalue weighted by Crippen LogP contribution is 2.15. The second kappa shape index (κ2) is 6.86. The van der Waals surface area contributed by atoms with Gasteiger partial charge in [0.15, 0.2) is 0 Å². The molecular weight excluding hydrogens is 204 g/mol. The summed E-state index contributed by atoms with van der Waals surface area (Å²) in [5.74, 6) is 1.28. The molecule has 1 aliphatic rings. The van der Waals surface area contributed by atoms with Gasteiger partial charge in [-0.2, -0.15) is 0 Å². The third-order valence-electron chi connectivity index (χ3n) is 2.85. The van der Waals surface area contributed by atoms with Crippen molar-refractivity contribution in [1.82, 2.24) is 10.6 Å². The maximum atomic E-state index is 11.7. The fraction of sp³-hybridized carbons (Fsp3) is 0.917. The summed E-state index contributed by atoms with van der Waals surface area (Å²) in [5, 5.41) is 6.15. The Morgan fingerprint density at radius 1 is 1.50 bits per heavy atom. The van der Waals surface area contributed by atoms with Gasteiger partial charge in [-0.05, 0) is 18.4 Å². The summed E-state index contributed by atoms with van der Waals surface area (Å²) in [7, 11) is 0. The standard InChI is InChI=1S/C12H24N2O2/c1-9(2)8-16-5-4-14-12(15)11-7-13-6-10(11)3/h9-11,13H,4-8H2,1-3H3,(H,14,15)/t10-,11-/m1/s1. The monoisotopic (exact) mass is 228 g/mol. The Morgan fingerprint density at radius 2 is 2.25 bits per heavy atom. The van der Waals surface area contributed by atoms with E-state index in [-0.39, 0.29) is 11.8 Å². The van der Waals surface area contributed by atoms with Crippen molar-refractivity contribution in [1.29, 1.82) is 0 Å². The zero-order chi connectivity index (χ0) is 12.0. The van der Waals surface area contributed by atoms with Crippen LogP contribution in [0.5, 0.6) is 0 Å². The van der Waals surface area contributed by atoms with Gasteiger partial charge in [0.2, 0.25) is 5.91 Å². The van der Waals surface area contributed by atoms with Gasteiger partial charge in [-0.15, -0.1) is 0 Å². The van der Waals surface area contributed by atoms with Crippen molar-refractivity contribution in [2.75, 3.05) is 32.8 Å². The van der Waals surface area contributed by atoms with Crippen molar-refractivity contribution in [3.63, 3.8) is 0 Å². The van der Waals surface area contributed by atoms with Gasteiger partial charge in [-0.25, -0.2) is 0 Å². The summed E-state index contributed by atoms with van der Waals surface area (Å²) < 4.78 is 5.40. The minimum atomic E-state index is 0.130. The van der Waals surface area contributed by atoms with E-state index in [9.17, 15) is 4.79 Å². The van der Waals surface area contributed by atoms with Crippen molar-refractivity contribution in [3.05, 3.63) is 0 Å². The van der Waals surface area contributed by atoms with Gasteiger partial charge < -0.3 is 15.4 Å². The van der Waals surface area contributed by atoms with Crippen molar-refractivity contribution in [2.24, 2.45) is 17.8 Å². The average Bonchev–Trinajstić information content (AvgIpc) is 2.63. The van der Waals surface area contributed by atoms with E-state index in [0.717, 1.165) is 19.7 Å². The first-order valence-corrected chi connectivity index (χ1v) is 6.17. The summed E-state index contributed by atoms with van der Waals surface area (Å²) >= 11 is 0. The first kappa shape index (κ1) is 13.5. The fourth-order valence-corrected chi connectivity index (χ4v) is 1.86. The van der Waals surface area contributed by atoms with Gasteiger partial charge in [-0.1, -0.05) is 20.8 Å². The number of rotatable bonds is 6. The Kier molecular flexibility index (Phi) is 5.77. The lowest BCUT2D eigenvalue weighted by atomic mass is 9.97. The fourth-order valence-electron chi connectivity index (χ4n) is 1.86. The molecule has 0 bridgehead atoms. The number of ether oxygens (including phenoxy) is 1. The minimum absolute atomic E-state index is 0.130. The molecule has 0 unspecified atom stereocenters. The van der Waals surface area contributed by atoms with E-state index in [1.165, 1.54) is 0 Å². The molecule has 1 rings (SSSR count). The quantitative estimate of drug-likeness (QED) is 0.656. The molecule has 0 radical (unpaired) electrons. The van der Waals surface area contributed by atoms with E-state index in [0.29, 0.717) is 25.0 Å². The summed E-state index contributed by atoms with van der Waals surface area (Å²) in [6.45, 7) is 10.1. The van der Waals surface area contributed by atoms with E-state index in [4.69, 9.17) is 4.74 Å². The van der Waals surface area contributed by atoms with Gasteiger partial charge in [0.1, 0.15) is 0 Å². The molecule has 0 aromatic carbocycles. The number of amides is 1. The summed E-state index contributed by atoms with van der Waals surface area (Å²) in [4.78, 5) is 11.7. The van der Waals surface area contributed by atoms with E-state index in [1.807, 2.05) is 0 Å². The van der Waals surface area contributed by atoms with Crippen molar-refractivity contribution < 1.29 is 9.53 Å². The van der Waals surface area contributed by atoms with Crippen LogP contribution in [-0.4, -0.2) is 38.8 Å². The second-order valence-corrected chi connectivity index (χ2v) is 5.00. The van der Waals surface area contributed by atoms with Crippen LogP contribution in [-0.2, 0) is 9.53 Å². The number of hydrogen-bond acceptors (Lipinski definition) is 3. The number of carbonyl (C=O) groups is 1. The zero-order valence-electron chi connectivity index (χ0n) is 10.6. The minimum Gasteiger partial charge on any atom is -0.379 e. The van der Waals surface area contributed by atoms with Crippen LogP contribution in [0.15, 0.2) is 0 Å². The highest BCUT2D eigenvalue weighted by molar-refractivity contribution is 5.79. The first-order valence-electron chi connectivity index (χ1n) is 6.17. The lowest BCUT2D eigenvalue weighted by Crippen LogP contribution is -2.36. The zero-order valence-corrected chi connectivity index (χ0v) is 10.6. The third kappa shape index (κ3) is 4.49. The molecular formula is C12H24N2O2. The molecule has 0 saturated carbocycles. The van der Waals surface area contributed by atoms with Crippen LogP contribution in [0.1, 0.15) is 20.8 Å². The summed E-state index contributed by atoms with van der Waals surface area (Å²) in [6, 6.07) is 0. The molecule has 1 saturated heterocycles. The van der Waals surface area contributed by atoms with Crippen LogP contribution in [0.25, 0.3) is 0 Å². The summed E-state index contributed by atoms with van der Waals surface area (Å²) in [5.41, 5.74) is 0. The summed E-state index contributed by atoms with van der Waals surface area (Å²) in [6.07, 6.45) is 0. The molecule has 0 spiro atoms. The molecule has 1 aliphatic heterocycles. The lowest BCUT2D eigenvalue weighted by molar-refractivity contribution is -0.125. The van der Waals surface area contributed by atoms with Crippen LogP contribution in [0.3, 0.4) is 0 Å². The van der Waals surface area contributed by atoms with Crippen LogP contribution in [0.2, 0.25) is 0 Å². The second-order valence-electron chi connectivity index (χ2n) is 5.00. The normalized spacial score (nSPS) is 25.0. The molecule has 0 aromatic heterocycles. The van der Waals surface area contributed by atoms with E-state index in [2.05, 4.69) is 31.4 Å². The molecule has 2 N–H and O–H groups in total. The third-order valence-corrected chi connectivity index (χ3v) is 2.85. The first-order chi connectivity index (χ1) is 7.61. The Morgan fingerprint density at radius 3 is 2.81 bits per heavy atom. The SMILES string of the molecule is CC(C)COCCNC(=O)[C@@H]1CNC[C@H]1C. The molecule has 4 heteroatoms. The number of hydrogen-bond donors (Lipinski definition) is 2. The van der Waals surface area contributed by atoms with Gasteiger partial charge in [0, 0.05) is 19.7 Å². The van der Waals surface area contributed by atoms with Crippen LogP contribution in [0.4, 0.5) is 0 Å². The Labute approximate surface area is 98.1 Å². The van der Waals surface area contributed by atoms with Gasteiger partial charge in [0.05, 0.1) is 12.5 Å². The van der Waals surface area contributed by atoms with Gasteiger partial charge >= 0.3 is 0 Å². The van der Waals surface area contributed by atoms with Crippen LogP contribution < -0.4 is 10.6 Å². The predicted octanol–water partition coefficient (Wildman–Crippen LogP) is 0.631. The topological polar surface area (TPSA) is 50.4 Å². The maximum Gasteiger partial charge on any atom is 0.224 e. The molecule has 0 aromatic rings. The van der Waals surface area contributed by atoms with E-state index < -0.39 is 0 Å². The van der Waals surface area contributed by atoms with E-state index in [1.54, 1.807) is 0 Å². The predicted molar refractivity (Wildman–Crippen MR) is 64.2 cm³/mol. The molecule has 94 valence electrons. The van der Waals surface area contributed by atoms with E-state index >= 15 is 0 Å². The van der Waals surface area contributed by atoms with Gasteiger partial charge in [0.25, 0.3) is 0 Å². The highest BCUT2D eigenvalue weighted by atomic mass is 16.5. The largest absolute Gasteiger partial charge is 0.379 e. The maximum absolute atomic E-state index is 11.7. The molecule has 1 heterocycles. The van der Waals surface area contributed by atoms with Crippen LogP contribution in [0, 0.1) is 17.8 Å². The smallest absolute Gasteiger partial charge is 0.224 e. The molecule has 1 fully saturated rings. The average molecular weight is 228 g/mol. The molecule has 2 atom stereocenters. The molecule has 16 heavy (non-hydrogen) atoms. The highest BCUT2D eigenvalue weighted by Gasteiger charge is 2.28. The van der Waals surface area contributed by atoms with Gasteiger partial charge in [-0.3, -0.25) is 4.79 Å². The molecule has 4 nitrogen and oxygen atoms in total. The number of nitrogens with one attached hydrogen (secondary N) is 2. The Hall–Kier alpha value is -0.610. The Bertz CT molecular complexity index is 219. The Balaban J connectivity index is 2.06. The molecule has 0 aliphatic carbocycles. The number of carbonyl (C=O) groups excluding carboxylic acids is 1. The van der Waals surface area contributed by atoms with Crippen molar-refractivity contribution in [2.45, 2.75) is 20.8 Å². The lowest BCUT2D eigenvalue weighted by Gasteiger charge is -2.14. The van der Waals surface area contributed by atoms with Crippen molar-refractivity contribution in [3.8, 4) is 0 Å².